The molecule has 100 valence electrons. The largest absolute Gasteiger partial charge is 0.481 e. The zero-order chi connectivity index (χ0) is 13.1. The Kier molecular flexibility index (Phi) is 4.80. The fourth-order valence-electron chi connectivity index (χ4n) is 2.34. The van der Waals surface area contributed by atoms with Gasteiger partial charge in [0.05, 0.1) is 11.5 Å². The third-order valence-electron chi connectivity index (χ3n) is 3.33. The van der Waals surface area contributed by atoms with E-state index in [9.17, 15) is 23.1 Å². The van der Waals surface area contributed by atoms with Crippen molar-refractivity contribution in [1.29, 1.82) is 0 Å². The molecule has 1 saturated carbocycles. The van der Waals surface area contributed by atoms with Crippen LogP contribution in [0.4, 0.5) is 13.2 Å². The molecule has 1 aliphatic carbocycles. The molecule has 0 bridgehead atoms. The van der Waals surface area contributed by atoms with Crippen LogP contribution in [0.25, 0.3) is 0 Å². The smallest absolute Gasteiger partial charge is 0.309 e. The normalized spacial score (nSPS) is 23.4. The van der Waals surface area contributed by atoms with Crippen molar-refractivity contribution in [2.45, 2.75) is 56.7 Å². The van der Waals surface area contributed by atoms with Gasteiger partial charge in [-0.05, 0) is 19.3 Å². The van der Waals surface area contributed by atoms with Crippen LogP contribution in [0, 0.1) is 5.92 Å². The van der Waals surface area contributed by atoms with Crippen LogP contribution in [0.3, 0.4) is 0 Å². The minimum absolute atomic E-state index is 0.354. The van der Waals surface area contributed by atoms with Crippen LogP contribution in [0.15, 0.2) is 0 Å². The van der Waals surface area contributed by atoms with Gasteiger partial charge in [-0.15, -0.1) is 0 Å². The second-order valence-electron chi connectivity index (χ2n) is 4.71. The second kappa shape index (κ2) is 5.71. The number of halogens is 3. The predicted octanol–water partition coefficient (Wildman–Crippen LogP) is 2.38. The summed E-state index contributed by atoms with van der Waals surface area (Å²) in [6, 6.07) is 0. The number of hydrogen-bond donors (Lipinski definition) is 2. The average molecular weight is 254 g/mol. The molecule has 3 nitrogen and oxygen atoms in total. The number of alkyl halides is 3. The van der Waals surface area contributed by atoms with Gasteiger partial charge in [0.25, 0.3) is 6.43 Å². The Bertz CT molecular complexity index is 265. The molecule has 1 fully saturated rings. The van der Waals surface area contributed by atoms with Crippen LogP contribution in [-0.4, -0.2) is 34.4 Å². The first-order valence-corrected chi connectivity index (χ1v) is 5.73. The van der Waals surface area contributed by atoms with E-state index in [1.165, 1.54) is 0 Å². The van der Waals surface area contributed by atoms with Crippen LogP contribution in [0.1, 0.15) is 38.5 Å². The van der Waals surface area contributed by atoms with Gasteiger partial charge >= 0.3 is 5.97 Å². The first-order chi connectivity index (χ1) is 7.86. The summed E-state index contributed by atoms with van der Waals surface area (Å²) in [5.74, 6) is -3.45. The molecule has 17 heavy (non-hydrogen) atoms. The van der Waals surface area contributed by atoms with E-state index in [0.717, 1.165) is 6.42 Å². The summed E-state index contributed by atoms with van der Waals surface area (Å²) in [5, 5.41) is 18.8. The topological polar surface area (TPSA) is 57.5 Å². The maximum atomic E-state index is 13.1. The Hall–Kier alpha value is -0.780. The van der Waals surface area contributed by atoms with Gasteiger partial charge in [-0.3, -0.25) is 4.79 Å². The molecule has 1 aliphatic rings. The lowest BCUT2D eigenvalue weighted by atomic mass is 9.77. The molecule has 0 heterocycles. The number of rotatable bonds is 5. The van der Waals surface area contributed by atoms with E-state index >= 15 is 0 Å². The van der Waals surface area contributed by atoms with E-state index in [1.54, 1.807) is 0 Å². The van der Waals surface area contributed by atoms with Crippen molar-refractivity contribution in [3.8, 4) is 0 Å². The SMILES string of the molecule is O=C(O)C(CC1(O)CCCCC1)C(F)C(F)F. The zero-order valence-electron chi connectivity index (χ0n) is 9.41. The van der Waals surface area contributed by atoms with Crippen molar-refractivity contribution in [2.75, 3.05) is 0 Å². The summed E-state index contributed by atoms with van der Waals surface area (Å²) in [7, 11) is 0. The fourth-order valence-corrected chi connectivity index (χ4v) is 2.34. The molecule has 0 aromatic carbocycles. The van der Waals surface area contributed by atoms with Crippen molar-refractivity contribution in [2.24, 2.45) is 5.92 Å². The molecule has 2 N–H and O–H groups in total. The molecule has 2 atom stereocenters. The van der Waals surface area contributed by atoms with E-state index < -0.39 is 36.5 Å². The van der Waals surface area contributed by atoms with Gasteiger partial charge in [-0.1, -0.05) is 19.3 Å². The van der Waals surface area contributed by atoms with E-state index in [2.05, 4.69) is 0 Å². The average Bonchev–Trinajstić information content (AvgIpc) is 2.25. The molecular weight excluding hydrogens is 237 g/mol. The lowest BCUT2D eigenvalue weighted by Crippen LogP contribution is -2.40. The van der Waals surface area contributed by atoms with Crippen molar-refractivity contribution in [3.63, 3.8) is 0 Å². The van der Waals surface area contributed by atoms with Gasteiger partial charge in [-0.25, -0.2) is 13.2 Å². The van der Waals surface area contributed by atoms with Gasteiger partial charge in [0.1, 0.15) is 0 Å². The molecule has 6 heteroatoms. The number of hydrogen-bond acceptors (Lipinski definition) is 2. The molecule has 0 aliphatic heterocycles. The van der Waals surface area contributed by atoms with Gasteiger partial charge in [0.2, 0.25) is 0 Å². The highest BCUT2D eigenvalue weighted by molar-refractivity contribution is 5.71. The maximum Gasteiger partial charge on any atom is 0.309 e. The Morgan fingerprint density at radius 1 is 1.18 bits per heavy atom. The first-order valence-electron chi connectivity index (χ1n) is 5.73. The third-order valence-corrected chi connectivity index (χ3v) is 3.33. The van der Waals surface area contributed by atoms with E-state index in [-0.39, 0.29) is 0 Å². The molecule has 2 unspecified atom stereocenters. The highest BCUT2D eigenvalue weighted by Gasteiger charge is 2.42. The minimum atomic E-state index is -3.33. The Morgan fingerprint density at radius 2 is 1.71 bits per heavy atom. The fraction of sp³-hybridized carbons (Fsp3) is 0.909. The van der Waals surface area contributed by atoms with Crippen molar-refractivity contribution >= 4 is 5.97 Å². The van der Waals surface area contributed by atoms with E-state index in [1.807, 2.05) is 0 Å². The number of aliphatic carboxylic acids is 1. The molecular formula is C11H17F3O3. The maximum absolute atomic E-state index is 13.1. The summed E-state index contributed by atoms with van der Waals surface area (Å²) < 4.78 is 37.5. The standard InChI is InChI=1S/C11H17F3O3/c12-8(9(13)14)7(10(15)16)6-11(17)4-2-1-3-5-11/h7-9,17H,1-6H2,(H,15,16). The molecule has 0 aromatic rings. The van der Waals surface area contributed by atoms with Gasteiger partial charge < -0.3 is 10.2 Å². The van der Waals surface area contributed by atoms with Gasteiger partial charge in [0, 0.05) is 0 Å². The number of carboxylic acid groups (broad SMARTS) is 1. The minimum Gasteiger partial charge on any atom is -0.481 e. The lowest BCUT2D eigenvalue weighted by molar-refractivity contribution is -0.152. The molecule has 0 spiro atoms. The third kappa shape index (κ3) is 3.87. The molecule has 0 saturated heterocycles. The van der Waals surface area contributed by atoms with Gasteiger partial charge in [-0.2, -0.15) is 0 Å². The summed E-state index contributed by atoms with van der Waals surface area (Å²) in [5.41, 5.74) is -1.31. The van der Waals surface area contributed by atoms with Crippen molar-refractivity contribution in [3.05, 3.63) is 0 Å². The Labute approximate surface area is 97.6 Å². The molecule has 1 rings (SSSR count). The van der Waals surface area contributed by atoms with Crippen LogP contribution in [-0.2, 0) is 4.79 Å². The number of aliphatic hydroxyl groups is 1. The van der Waals surface area contributed by atoms with Crippen molar-refractivity contribution in [1.82, 2.24) is 0 Å². The summed E-state index contributed by atoms with van der Waals surface area (Å²) >= 11 is 0. The first kappa shape index (κ1) is 14.3. The van der Waals surface area contributed by atoms with Crippen LogP contribution < -0.4 is 0 Å². The summed E-state index contributed by atoms with van der Waals surface area (Å²) in [6.45, 7) is 0. The number of carboxylic acids is 1. The number of carbonyl (C=O) groups is 1. The van der Waals surface area contributed by atoms with E-state index in [4.69, 9.17) is 5.11 Å². The van der Waals surface area contributed by atoms with Crippen LogP contribution in [0.2, 0.25) is 0 Å². The summed E-state index contributed by atoms with van der Waals surface area (Å²) in [4.78, 5) is 10.8. The molecule has 0 aromatic heterocycles. The van der Waals surface area contributed by atoms with Crippen molar-refractivity contribution < 1.29 is 28.2 Å². The Morgan fingerprint density at radius 3 is 2.12 bits per heavy atom. The molecule has 0 radical (unpaired) electrons. The van der Waals surface area contributed by atoms with E-state index in [0.29, 0.717) is 25.7 Å². The summed E-state index contributed by atoms with van der Waals surface area (Å²) in [6.07, 6.45) is -3.42. The molecule has 0 amide bonds. The predicted molar refractivity (Wildman–Crippen MR) is 54.7 cm³/mol. The Balaban J connectivity index is 2.68. The lowest BCUT2D eigenvalue weighted by Gasteiger charge is -2.34. The van der Waals surface area contributed by atoms with Crippen LogP contribution in [0.5, 0.6) is 0 Å². The monoisotopic (exact) mass is 254 g/mol. The second-order valence-corrected chi connectivity index (χ2v) is 4.71. The van der Waals surface area contributed by atoms with Crippen LogP contribution >= 0.6 is 0 Å². The van der Waals surface area contributed by atoms with Gasteiger partial charge in [0.15, 0.2) is 6.17 Å². The zero-order valence-corrected chi connectivity index (χ0v) is 9.41. The quantitative estimate of drug-likeness (QED) is 0.792. The highest BCUT2D eigenvalue weighted by Crippen LogP contribution is 2.35. The highest BCUT2D eigenvalue weighted by atomic mass is 19.3.